The molecule has 1 amide bonds. The standard InChI is InChI=1S/C19H27N5OS/c1-3-17-18(26-22-21-17)19(25)20-8-5-9-23-10-12-24(13-11-23)16-7-4-6-15(2)14-16/h4,6-7,14H,3,5,8-13H2,1-2H3,(H,20,25). The Kier molecular flexibility index (Phi) is 6.57. The predicted octanol–water partition coefficient (Wildman–Crippen LogP) is 2.35. The normalized spacial score (nSPS) is 15.2. The Hall–Kier alpha value is -1.99. The summed E-state index contributed by atoms with van der Waals surface area (Å²) in [5, 5.41) is 6.98. The minimum Gasteiger partial charge on any atom is -0.369 e. The summed E-state index contributed by atoms with van der Waals surface area (Å²) in [4.78, 5) is 17.7. The van der Waals surface area contributed by atoms with Crippen LogP contribution in [-0.4, -0.2) is 59.7 Å². The number of nitrogens with zero attached hydrogens (tertiary/aromatic N) is 4. The predicted molar refractivity (Wildman–Crippen MR) is 106 cm³/mol. The molecule has 2 aromatic rings. The molecule has 1 aromatic carbocycles. The Labute approximate surface area is 159 Å². The van der Waals surface area contributed by atoms with Gasteiger partial charge >= 0.3 is 0 Å². The van der Waals surface area contributed by atoms with Crippen LogP contribution in [0.1, 0.15) is 34.3 Å². The Balaban J connectivity index is 1.36. The molecule has 1 aromatic heterocycles. The lowest BCUT2D eigenvalue weighted by atomic mass is 10.2. The number of rotatable bonds is 7. The van der Waals surface area contributed by atoms with Gasteiger partial charge in [-0.15, -0.1) is 5.10 Å². The van der Waals surface area contributed by atoms with Crippen LogP contribution in [0.3, 0.4) is 0 Å². The summed E-state index contributed by atoms with van der Waals surface area (Å²) in [6.07, 6.45) is 1.70. The van der Waals surface area contributed by atoms with E-state index in [2.05, 4.69) is 55.9 Å². The molecule has 2 heterocycles. The van der Waals surface area contributed by atoms with Gasteiger partial charge in [-0.25, -0.2) is 0 Å². The van der Waals surface area contributed by atoms with Crippen molar-refractivity contribution in [3.8, 4) is 0 Å². The quantitative estimate of drug-likeness (QED) is 0.755. The molecule has 6 nitrogen and oxygen atoms in total. The average molecular weight is 374 g/mol. The zero-order valence-electron chi connectivity index (χ0n) is 15.6. The fraction of sp³-hybridized carbons (Fsp3) is 0.526. The van der Waals surface area contributed by atoms with Crippen molar-refractivity contribution in [2.24, 2.45) is 0 Å². The van der Waals surface area contributed by atoms with E-state index in [9.17, 15) is 4.79 Å². The number of hydrogen-bond acceptors (Lipinski definition) is 6. The van der Waals surface area contributed by atoms with Crippen LogP contribution in [0.15, 0.2) is 24.3 Å². The van der Waals surface area contributed by atoms with E-state index in [1.165, 1.54) is 22.8 Å². The fourth-order valence-corrected chi connectivity index (χ4v) is 3.92. The highest BCUT2D eigenvalue weighted by Crippen LogP contribution is 2.17. The molecule has 0 aliphatic carbocycles. The van der Waals surface area contributed by atoms with Crippen molar-refractivity contribution in [1.29, 1.82) is 0 Å². The number of benzene rings is 1. The van der Waals surface area contributed by atoms with E-state index in [-0.39, 0.29) is 5.91 Å². The molecule has 26 heavy (non-hydrogen) atoms. The first-order chi connectivity index (χ1) is 12.7. The van der Waals surface area contributed by atoms with E-state index >= 15 is 0 Å². The van der Waals surface area contributed by atoms with E-state index in [1.807, 2.05) is 6.92 Å². The molecule has 0 spiro atoms. The van der Waals surface area contributed by atoms with Gasteiger partial charge in [-0.1, -0.05) is 23.5 Å². The number of aromatic nitrogens is 2. The third-order valence-corrected chi connectivity index (χ3v) is 5.54. The summed E-state index contributed by atoms with van der Waals surface area (Å²) in [6, 6.07) is 8.71. The molecule has 0 saturated carbocycles. The number of anilines is 1. The fourth-order valence-electron chi connectivity index (χ4n) is 3.25. The molecule has 0 radical (unpaired) electrons. The van der Waals surface area contributed by atoms with Gasteiger partial charge in [0, 0.05) is 38.4 Å². The van der Waals surface area contributed by atoms with Crippen LogP contribution in [0.4, 0.5) is 5.69 Å². The molecular formula is C19H27N5OS. The van der Waals surface area contributed by atoms with Gasteiger partial charge in [0.25, 0.3) is 5.91 Å². The second-order valence-corrected chi connectivity index (χ2v) is 7.43. The first-order valence-electron chi connectivity index (χ1n) is 9.30. The average Bonchev–Trinajstić information content (AvgIpc) is 3.14. The van der Waals surface area contributed by atoms with Gasteiger partial charge in [-0.2, -0.15) is 0 Å². The SMILES string of the molecule is CCc1nnsc1C(=O)NCCCN1CCN(c2cccc(C)c2)CC1. The molecule has 0 atom stereocenters. The van der Waals surface area contributed by atoms with Crippen LogP contribution in [0.25, 0.3) is 0 Å². The van der Waals surface area contributed by atoms with Crippen molar-refractivity contribution in [3.05, 3.63) is 40.4 Å². The van der Waals surface area contributed by atoms with Gasteiger partial charge in [0.15, 0.2) is 0 Å². The summed E-state index contributed by atoms with van der Waals surface area (Å²) in [6.45, 7) is 10.1. The summed E-state index contributed by atoms with van der Waals surface area (Å²) < 4.78 is 3.87. The van der Waals surface area contributed by atoms with Crippen LogP contribution in [0.5, 0.6) is 0 Å². The molecule has 7 heteroatoms. The minimum absolute atomic E-state index is 0.0406. The van der Waals surface area contributed by atoms with Crippen LogP contribution >= 0.6 is 11.5 Å². The van der Waals surface area contributed by atoms with Gasteiger partial charge < -0.3 is 10.2 Å². The smallest absolute Gasteiger partial charge is 0.264 e. The second-order valence-electron chi connectivity index (χ2n) is 6.68. The highest BCUT2D eigenvalue weighted by molar-refractivity contribution is 7.08. The Morgan fingerprint density at radius 2 is 2.08 bits per heavy atom. The van der Waals surface area contributed by atoms with Crippen molar-refractivity contribution < 1.29 is 4.79 Å². The third-order valence-electron chi connectivity index (χ3n) is 4.77. The highest BCUT2D eigenvalue weighted by atomic mass is 32.1. The zero-order chi connectivity index (χ0) is 18.4. The number of amides is 1. The largest absolute Gasteiger partial charge is 0.369 e. The maximum atomic E-state index is 12.2. The number of hydrogen-bond donors (Lipinski definition) is 1. The molecular weight excluding hydrogens is 346 g/mol. The summed E-state index contributed by atoms with van der Waals surface area (Å²) in [7, 11) is 0. The molecule has 140 valence electrons. The molecule has 1 N–H and O–H groups in total. The lowest BCUT2D eigenvalue weighted by molar-refractivity contribution is 0.0954. The van der Waals surface area contributed by atoms with E-state index < -0.39 is 0 Å². The molecule has 0 unspecified atom stereocenters. The third kappa shape index (κ3) is 4.80. The molecule has 1 saturated heterocycles. The van der Waals surface area contributed by atoms with Crippen LogP contribution < -0.4 is 10.2 Å². The summed E-state index contributed by atoms with van der Waals surface area (Å²) in [5.74, 6) is -0.0406. The number of aryl methyl sites for hydroxylation is 2. The highest BCUT2D eigenvalue weighted by Gasteiger charge is 2.17. The number of piperazine rings is 1. The molecule has 1 aliphatic heterocycles. The lowest BCUT2D eigenvalue weighted by Gasteiger charge is -2.36. The summed E-state index contributed by atoms with van der Waals surface area (Å²) >= 11 is 1.18. The first kappa shape index (κ1) is 18.8. The molecule has 3 rings (SSSR count). The van der Waals surface area contributed by atoms with Crippen molar-refractivity contribution in [1.82, 2.24) is 19.8 Å². The zero-order valence-corrected chi connectivity index (χ0v) is 16.4. The second kappa shape index (κ2) is 9.09. The van der Waals surface area contributed by atoms with Gasteiger partial charge in [-0.05, 0) is 55.5 Å². The van der Waals surface area contributed by atoms with Gasteiger partial charge in [-0.3, -0.25) is 9.69 Å². The Morgan fingerprint density at radius 1 is 1.27 bits per heavy atom. The van der Waals surface area contributed by atoms with E-state index in [1.54, 1.807) is 0 Å². The van der Waals surface area contributed by atoms with Gasteiger partial charge in [0.05, 0.1) is 5.69 Å². The van der Waals surface area contributed by atoms with Crippen molar-refractivity contribution in [2.45, 2.75) is 26.7 Å². The van der Waals surface area contributed by atoms with Crippen molar-refractivity contribution in [3.63, 3.8) is 0 Å². The van der Waals surface area contributed by atoms with Crippen LogP contribution in [0, 0.1) is 6.92 Å². The monoisotopic (exact) mass is 373 g/mol. The Bertz CT molecular complexity index is 724. The molecule has 0 bridgehead atoms. The van der Waals surface area contributed by atoms with Crippen LogP contribution in [-0.2, 0) is 6.42 Å². The van der Waals surface area contributed by atoms with Crippen LogP contribution in [0.2, 0.25) is 0 Å². The van der Waals surface area contributed by atoms with E-state index in [0.29, 0.717) is 11.4 Å². The van der Waals surface area contributed by atoms with Gasteiger partial charge in [0.1, 0.15) is 4.88 Å². The van der Waals surface area contributed by atoms with Gasteiger partial charge in [0.2, 0.25) is 0 Å². The molecule has 1 aliphatic rings. The van der Waals surface area contributed by atoms with E-state index in [0.717, 1.165) is 51.3 Å². The summed E-state index contributed by atoms with van der Waals surface area (Å²) in [5.41, 5.74) is 3.42. The topological polar surface area (TPSA) is 61.4 Å². The van der Waals surface area contributed by atoms with Crippen molar-refractivity contribution >= 4 is 23.1 Å². The maximum absolute atomic E-state index is 12.2. The van der Waals surface area contributed by atoms with Crippen molar-refractivity contribution in [2.75, 3.05) is 44.2 Å². The number of carbonyl (C=O) groups excluding carboxylic acids is 1. The number of carbonyl (C=O) groups is 1. The number of nitrogens with one attached hydrogen (secondary N) is 1. The molecule has 1 fully saturated rings. The lowest BCUT2D eigenvalue weighted by Crippen LogP contribution is -2.47. The minimum atomic E-state index is -0.0406. The Morgan fingerprint density at radius 3 is 2.81 bits per heavy atom. The maximum Gasteiger partial charge on any atom is 0.264 e. The van der Waals surface area contributed by atoms with E-state index in [4.69, 9.17) is 0 Å². The first-order valence-corrected chi connectivity index (χ1v) is 10.1.